The Bertz CT molecular complexity index is 884. The molecule has 0 aromatic heterocycles. The number of ether oxygens (including phenoxy) is 3. The van der Waals surface area contributed by atoms with Crippen LogP contribution in [0.5, 0.6) is 11.5 Å². The van der Waals surface area contributed by atoms with Crippen molar-refractivity contribution in [3.63, 3.8) is 0 Å². The van der Waals surface area contributed by atoms with Crippen LogP contribution in [-0.2, 0) is 9.47 Å². The van der Waals surface area contributed by atoms with Crippen LogP contribution < -0.4 is 4.74 Å². The summed E-state index contributed by atoms with van der Waals surface area (Å²) in [6, 6.07) is 9.43. The van der Waals surface area contributed by atoms with Crippen LogP contribution in [0.1, 0.15) is 20.7 Å². The molecule has 2 aromatic carbocycles. The first-order valence-corrected chi connectivity index (χ1v) is 11.3. The zero-order valence-corrected chi connectivity index (χ0v) is 21.8. The first-order valence-electron chi connectivity index (χ1n) is 8.60. The second kappa shape index (κ2) is 16.6. The van der Waals surface area contributed by atoms with Gasteiger partial charge in [0.25, 0.3) is 0 Å². The second-order valence-electron chi connectivity index (χ2n) is 5.34. The number of phenolic OH excluding ortho intramolecular Hbond substituents is 1. The number of rotatable bonds is 6. The van der Waals surface area contributed by atoms with Gasteiger partial charge in [0, 0.05) is 5.33 Å². The molecule has 1 N–H and O–H groups in total. The standard InChI is InChI=1S/C11H11BrO3.C8H7BrO3.C3H5Br/c1-3-6-15-10-5-4-8(7-9(10)12)11(13)14-2;1-12-8(11)5-2-3-7(10)6(9)4-5;1-2-3-4/h3-5,7H,1,6H2,2H3;2-4,10H,1H3;2H,1,3H2. The highest BCUT2D eigenvalue weighted by molar-refractivity contribution is 9.11. The molecule has 168 valence electrons. The Balaban J connectivity index is 0.000000504. The van der Waals surface area contributed by atoms with Crippen molar-refractivity contribution in [2.75, 3.05) is 26.2 Å². The first kappa shape index (κ1) is 28.9. The minimum absolute atomic E-state index is 0.0997. The maximum Gasteiger partial charge on any atom is 0.337 e. The molecule has 6 nitrogen and oxygen atoms in total. The Hall–Kier alpha value is -2.10. The molecule has 0 aliphatic carbocycles. The van der Waals surface area contributed by atoms with E-state index in [0.717, 1.165) is 5.33 Å². The zero-order chi connectivity index (χ0) is 23.8. The SMILES string of the molecule is C=CCBr.C=CCOc1ccc(C(=O)OC)cc1Br.COC(=O)c1ccc(O)c(Br)c1. The Labute approximate surface area is 207 Å². The third kappa shape index (κ3) is 11.2. The predicted molar refractivity (Wildman–Crippen MR) is 132 cm³/mol. The van der Waals surface area contributed by atoms with E-state index < -0.39 is 5.97 Å². The molecule has 0 radical (unpaired) electrons. The van der Waals surface area contributed by atoms with Crippen LogP contribution >= 0.6 is 47.8 Å². The highest BCUT2D eigenvalue weighted by Gasteiger charge is 2.09. The Kier molecular flexibility index (Phi) is 15.5. The van der Waals surface area contributed by atoms with Crippen molar-refractivity contribution in [1.82, 2.24) is 0 Å². The average Bonchev–Trinajstić information content (AvgIpc) is 2.79. The number of allylic oxidation sites excluding steroid dienone is 1. The number of alkyl halides is 1. The number of hydrogen-bond acceptors (Lipinski definition) is 6. The van der Waals surface area contributed by atoms with Crippen molar-refractivity contribution >= 4 is 59.7 Å². The number of carbonyl (C=O) groups is 2. The Morgan fingerprint density at radius 3 is 1.81 bits per heavy atom. The van der Waals surface area contributed by atoms with Gasteiger partial charge in [-0.15, -0.1) is 6.58 Å². The van der Waals surface area contributed by atoms with E-state index in [-0.39, 0.29) is 11.7 Å². The van der Waals surface area contributed by atoms with Crippen LogP contribution in [0.3, 0.4) is 0 Å². The number of aromatic hydroxyl groups is 1. The van der Waals surface area contributed by atoms with Crippen molar-refractivity contribution in [2.24, 2.45) is 0 Å². The fourth-order valence-corrected chi connectivity index (χ4v) is 2.64. The van der Waals surface area contributed by atoms with Gasteiger partial charge in [0.15, 0.2) is 0 Å². The van der Waals surface area contributed by atoms with E-state index in [1.54, 1.807) is 30.4 Å². The van der Waals surface area contributed by atoms with E-state index in [9.17, 15) is 9.59 Å². The predicted octanol–water partition coefficient (Wildman–Crippen LogP) is 6.31. The molecule has 2 aromatic rings. The summed E-state index contributed by atoms with van der Waals surface area (Å²) in [5.41, 5.74) is 0.887. The molecule has 0 unspecified atom stereocenters. The summed E-state index contributed by atoms with van der Waals surface area (Å²) in [5.74, 6) is -0.0214. The molecule has 0 aliphatic heterocycles. The number of phenols is 1. The molecule has 0 fully saturated rings. The minimum atomic E-state index is -0.421. The lowest BCUT2D eigenvalue weighted by molar-refractivity contribution is 0.0591. The van der Waals surface area contributed by atoms with E-state index in [1.807, 2.05) is 0 Å². The summed E-state index contributed by atoms with van der Waals surface area (Å²) < 4.78 is 15.6. The van der Waals surface area contributed by atoms with Crippen molar-refractivity contribution in [2.45, 2.75) is 0 Å². The molecule has 0 aliphatic rings. The quantitative estimate of drug-likeness (QED) is 0.231. The molecule has 0 heterocycles. The van der Waals surface area contributed by atoms with Crippen molar-refractivity contribution in [1.29, 1.82) is 0 Å². The van der Waals surface area contributed by atoms with Crippen LogP contribution in [0.15, 0.2) is 70.7 Å². The van der Waals surface area contributed by atoms with Gasteiger partial charge in [-0.2, -0.15) is 0 Å². The number of methoxy groups -OCH3 is 2. The summed E-state index contributed by atoms with van der Waals surface area (Å²) >= 11 is 9.52. The smallest absolute Gasteiger partial charge is 0.337 e. The summed E-state index contributed by atoms with van der Waals surface area (Å²) in [6.45, 7) is 7.41. The molecule has 0 atom stereocenters. The number of halogens is 3. The van der Waals surface area contributed by atoms with Crippen molar-refractivity contribution in [3.05, 3.63) is 81.8 Å². The summed E-state index contributed by atoms with van der Waals surface area (Å²) in [6.07, 6.45) is 3.45. The van der Waals surface area contributed by atoms with Crippen LogP contribution in [0.25, 0.3) is 0 Å². The van der Waals surface area contributed by atoms with Gasteiger partial charge in [-0.3, -0.25) is 0 Å². The largest absolute Gasteiger partial charge is 0.507 e. The molecule has 31 heavy (non-hydrogen) atoms. The third-order valence-corrected chi connectivity index (χ3v) is 4.90. The third-order valence-electron chi connectivity index (χ3n) is 3.19. The van der Waals surface area contributed by atoms with Gasteiger partial charge < -0.3 is 19.3 Å². The molecule has 2 rings (SSSR count). The molecule has 0 bridgehead atoms. The fraction of sp³-hybridized carbons (Fsp3) is 0.182. The van der Waals surface area contributed by atoms with Crippen LogP contribution in [0, 0.1) is 0 Å². The minimum Gasteiger partial charge on any atom is -0.507 e. The van der Waals surface area contributed by atoms with Gasteiger partial charge in [-0.05, 0) is 68.3 Å². The lowest BCUT2D eigenvalue weighted by Crippen LogP contribution is -2.01. The number of hydrogen-bond donors (Lipinski definition) is 1. The number of benzene rings is 2. The van der Waals surface area contributed by atoms with Gasteiger partial charge in [-0.25, -0.2) is 9.59 Å². The van der Waals surface area contributed by atoms with E-state index in [2.05, 4.69) is 70.4 Å². The highest BCUT2D eigenvalue weighted by atomic mass is 79.9. The number of esters is 2. The molecule has 0 saturated heterocycles. The zero-order valence-electron chi connectivity index (χ0n) is 17.1. The molecular formula is C22H23Br3O6. The molecule has 9 heteroatoms. The second-order valence-corrected chi connectivity index (χ2v) is 7.69. The van der Waals surface area contributed by atoms with Gasteiger partial charge in [0.05, 0.1) is 34.3 Å². The van der Waals surface area contributed by atoms with E-state index in [1.165, 1.54) is 32.4 Å². The molecule has 0 amide bonds. The highest BCUT2D eigenvalue weighted by Crippen LogP contribution is 2.26. The Morgan fingerprint density at radius 1 is 0.935 bits per heavy atom. The summed E-state index contributed by atoms with van der Waals surface area (Å²) in [7, 11) is 2.65. The topological polar surface area (TPSA) is 82.1 Å². The lowest BCUT2D eigenvalue weighted by atomic mass is 10.2. The van der Waals surface area contributed by atoms with Gasteiger partial charge >= 0.3 is 11.9 Å². The van der Waals surface area contributed by atoms with E-state index in [0.29, 0.717) is 32.4 Å². The van der Waals surface area contributed by atoms with E-state index >= 15 is 0 Å². The van der Waals surface area contributed by atoms with Crippen molar-refractivity contribution < 1.29 is 28.9 Å². The normalized spacial score (nSPS) is 9.06. The van der Waals surface area contributed by atoms with Gasteiger partial charge in [-0.1, -0.05) is 34.7 Å². The first-order chi connectivity index (χ1) is 14.7. The van der Waals surface area contributed by atoms with Gasteiger partial charge in [0.1, 0.15) is 18.1 Å². The van der Waals surface area contributed by atoms with Crippen LogP contribution in [0.4, 0.5) is 0 Å². The maximum absolute atomic E-state index is 11.2. The Morgan fingerprint density at radius 2 is 1.42 bits per heavy atom. The van der Waals surface area contributed by atoms with E-state index in [4.69, 9.17) is 9.84 Å². The maximum atomic E-state index is 11.2. The summed E-state index contributed by atoms with van der Waals surface area (Å²) in [5, 5.41) is 10.00. The number of carbonyl (C=O) groups excluding carboxylic acids is 2. The fourth-order valence-electron chi connectivity index (χ4n) is 1.76. The van der Waals surface area contributed by atoms with Crippen LogP contribution in [-0.4, -0.2) is 43.2 Å². The summed E-state index contributed by atoms with van der Waals surface area (Å²) in [4.78, 5) is 22.1. The average molecular weight is 623 g/mol. The molecule has 0 spiro atoms. The lowest BCUT2D eigenvalue weighted by Gasteiger charge is -2.06. The molecular weight excluding hydrogens is 600 g/mol. The van der Waals surface area contributed by atoms with Crippen LogP contribution in [0.2, 0.25) is 0 Å². The monoisotopic (exact) mass is 620 g/mol. The van der Waals surface area contributed by atoms with Gasteiger partial charge in [0.2, 0.25) is 0 Å². The molecule has 0 saturated carbocycles. The van der Waals surface area contributed by atoms with Crippen molar-refractivity contribution in [3.8, 4) is 11.5 Å².